The van der Waals surface area contributed by atoms with Gasteiger partial charge in [0, 0.05) is 43.3 Å². The van der Waals surface area contributed by atoms with Gasteiger partial charge in [-0.3, -0.25) is 4.79 Å². The molecule has 4 aromatic carbocycles. The van der Waals surface area contributed by atoms with E-state index < -0.39 is 17.3 Å². The van der Waals surface area contributed by atoms with Crippen molar-refractivity contribution in [2.24, 2.45) is 5.73 Å². The topological polar surface area (TPSA) is 164 Å². The standard InChI is InChI=1S/C22H30N2O2.C15H15Br.C7H16N2O2.CH2O3.2K.H/c1-22(2,3)26-21(25)24-17-16-23-15-14-20(18-10-6-4-7-11-18)19-12-8-5-9-13-19;16-12-11-15(13-7-3-1-4-8-13)14-9-5-2-6-10-14;1-7(2,3)11-6(10)9-5-4-8;2-1-4-3;;;/h4-13,20,23H,14-17H2,1-3H3,(H,24,25);1-10,15H,11-12H2;4-5,8H2,1-3H3,(H,9,10);1,3H;;;/q;;;;2*+1;-1/p-1. The van der Waals surface area contributed by atoms with Crippen LogP contribution >= 0.6 is 15.9 Å². The molecular formula is C45H63BrK2N4O7. The molecule has 59 heavy (non-hydrogen) atoms. The number of ether oxygens (including phenoxy) is 2. The maximum Gasteiger partial charge on any atom is 1.00 e. The maximum atomic E-state index is 11.6. The van der Waals surface area contributed by atoms with Crippen molar-refractivity contribution < 1.29 is 138 Å². The van der Waals surface area contributed by atoms with E-state index >= 15 is 0 Å². The van der Waals surface area contributed by atoms with E-state index in [4.69, 9.17) is 25.3 Å². The Hall–Kier alpha value is -1.48. The molecule has 0 aromatic heterocycles. The minimum absolute atomic E-state index is 0. The van der Waals surface area contributed by atoms with Gasteiger partial charge in [-0.25, -0.2) is 9.59 Å². The van der Waals surface area contributed by atoms with Crippen LogP contribution in [0.1, 0.15) is 89.9 Å². The predicted molar refractivity (Wildman–Crippen MR) is 231 cm³/mol. The zero-order valence-corrected chi connectivity index (χ0v) is 44.1. The SMILES string of the molecule is BrCCC(c1ccccc1)c1ccccc1.CC(C)(C)OC(=O)NCCN.CC(C)(C)OC(=O)NCCNCCC(c1ccccc1)c1ccccc1.O=CO[O-].[H-].[K+].[K+]. The van der Waals surface area contributed by atoms with Crippen LogP contribution in [0, 0.1) is 0 Å². The molecule has 0 spiro atoms. The summed E-state index contributed by atoms with van der Waals surface area (Å²) in [4.78, 5) is 33.7. The molecule has 314 valence electrons. The number of amides is 2. The smallest absolute Gasteiger partial charge is 1.00 e. The van der Waals surface area contributed by atoms with Gasteiger partial charge in [-0.1, -0.05) is 137 Å². The molecule has 2 amide bonds. The Labute approximate surface area is 447 Å². The molecule has 0 saturated heterocycles. The van der Waals surface area contributed by atoms with Gasteiger partial charge in [0.1, 0.15) is 11.2 Å². The molecule has 5 N–H and O–H groups in total. The first-order chi connectivity index (χ1) is 27.2. The normalized spacial score (nSPS) is 10.3. The zero-order chi connectivity index (χ0) is 42.4. The summed E-state index contributed by atoms with van der Waals surface area (Å²) in [6, 6.07) is 42.6. The van der Waals surface area contributed by atoms with Crippen LogP contribution in [-0.4, -0.2) is 67.9 Å². The van der Waals surface area contributed by atoms with Crippen LogP contribution < -0.4 is 130 Å². The van der Waals surface area contributed by atoms with Gasteiger partial charge in [-0.05, 0) is 83.2 Å². The number of halogens is 1. The van der Waals surface area contributed by atoms with Crippen molar-refractivity contribution >= 4 is 34.6 Å². The van der Waals surface area contributed by atoms with Crippen molar-refractivity contribution in [2.45, 2.75) is 77.4 Å². The van der Waals surface area contributed by atoms with Crippen LogP contribution in [0.15, 0.2) is 121 Å². The van der Waals surface area contributed by atoms with Crippen molar-refractivity contribution in [3.63, 3.8) is 0 Å². The van der Waals surface area contributed by atoms with Crippen molar-refractivity contribution in [1.29, 1.82) is 0 Å². The Bertz CT molecular complexity index is 1550. The largest absolute Gasteiger partial charge is 1.00 e. The van der Waals surface area contributed by atoms with E-state index in [0.717, 1.165) is 31.3 Å². The van der Waals surface area contributed by atoms with Gasteiger partial charge in [0.15, 0.2) is 0 Å². The Morgan fingerprint density at radius 3 is 1.24 bits per heavy atom. The van der Waals surface area contributed by atoms with Gasteiger partial charge >= 0.3 is 115 Å². The summed E-state index contributed by atoms with van der Waals surface area (Å²) in [5, 5.41) is 18.1. The van der Waals surface area contributed by atoms with Crippen LogP contribution in [0.4, 0.5) is 9.59 Å². The Morgan fingerprint density at radius 1 is 0.627 bits per heavy atom. The van der Waals surface area contributed by atoms with Crippen LogP contribution in [0.5, 0.6) is 0 Å². The van der Waals surface area contributed by atoms with Crippen LogP contribution in [-0.2, 0) is 19.2 Å². The minimum atomic E-state index is -0.462. The molecule has 11 nitrogen and oxygen atoms in total. The fraction of sp³-hybridized carbons (Fsp3) is 0.400. The van der Waals surface area contributed by atoms with Crippen molar-refractivity contribution in [3.05, 3.63) is 144 Å². The van der Waals surface area contributed by atoms with Crippen LogP contribution in [0.25, 0.3) is 0 Å². The second-order valence-electron chi connectivity index (χ2n) is 14.6. The van der Waals surface area contributed by atoms with Crippen LogP contribution in [0.2, 0.25) is 0 Å². The summed E-state index contributed by atoms with van der Waals surface area (Å²) in [5.74, 6) is 0.866. The molecule has 0 atom stereocenters. The third-order valence-corrected chi connectivity index (χ3v) is 8.10. The summed E-state index contributed by atoms with van der Waals surface area (Å²) in [7, 11) is 0. The molecule has 0 radical (unpaired) electrons. The van der Waals surface area contributed by atoms with Crippen molar-refractivity contribution in [2.75, 3.05) is 38.1 Å². The monoisotopic (exact) mass is 928 g/mol. The van der Waals surface area contributed by atoms with Gasteiger partial charge in [0.25, 0.3) is 6.47 Å². The van der Waals surface area contributed by atoms with Crippen LogP contribution in [0.3, 0.4) is 0 Å². The number of nitrogens with two attached hydrogens (primary N) is 1. The minimum Gasteiger partial charge on any atom is -1.00 e. The van der Waals surface area contributed by atoms with E-state index in [1.807, 2.05) is 53.7 Å². The third kappa shape index (κ3) is 31.1. The van der Waals surface area contributed by atoms with Crippen molar-refractivity contribution in [3.8, 4) is 0 Å². The molecule has 14 heteroatoms. The molecule has 0 heterocycles. The number of alkyl carbamates (subject to hydrolysis) is 2. The molecule has 4 rings (SSSR count). The Morgan fingerprint density at radius 2 is 0.949 bits per heavy atom. The summed E-state index contributed by atoms with van der Waals surface area (Å²) in [6.07, 6.45) is 1.35. The first-order valence-corrected chi connectivity index (χ1v) is 20.2. The van der Waals surface area contributed by atoms with Gasteiger partial charge in [-0.15, -0.1) is 0 Å². The Balaban J connectivity index is -0.000000820. The maximum absolute atomic E-state index is 11.6. The first kappa shape index (κ1) is 59.6. The molecule has 0 unspecified atom stereocenters. The fourth-order valence-corrected chi connectivity index (χ4v) is 5.79. The molecular weight excluding hydrogens is 867 g/mol. The van der Waals surface area contributed by atoms with Gasteiger partial charge in [0.2, 0.25) is 0 Å². The summed E-state index contributed by atoms with van der Waals surface area (Å²) >= 11 is 3.54. The molecule has 0 aliphatic carbocycles. The molecule has 0 aliphatic rings. The van der Waals surface area contributed by atoms with E-state index in [1.165, 1.54) is 22.3 Å². The quantitative estimate of drug-likeness (QED) is 0.0349. The number of alkyl halides is 1. The summed E-state index contributed by atoms with van der Waals surface area (Å²) in [6.45, 7) is 13.9. The number of nitrogens with one attached hydrogen (secondary N) is 3. The number of hydrogen-bond acceptors (Lipinski definition) is 9. The fourth-order valence-electron chi connectivity index (χ4n) is 5.33. The number of rotatable bonds is 15. The summed E-state index contributed by atoms with van der Waals surface area (Å²) in [5.41, 5.74) is 9.72. The van der Waals surface area contributed by atoms with Gasteiger partial charge in [-0.2, -0.15) is 0 Å². The van der Waals surface area contributed by atoms with E-state index in [-0.39, 0.29) is 117 Å². The molecule has 0 aliphatic heterocycles. The van der Waals surface area contributed by atoms with Crippen molar-refractivity contribution in [1.82, 2.24) is 16.0 Å². The average Bonchev–Trinajstić information content (AvgIpc) is 3.19. The first-order valence-electron chi connectivity index (χ1n) is 19.1. The molecule has 0 fully saturated rings. The second kappa shape index (κ2) is 36.1. The Kier molecular flexibility index (Phi) is 36.4. The zero-order valence-electron chi connectivity index (χ0n) is 37.2. The number of carbonyl (C=O) groups is 3. The van der Waals surface area contributed by atoms with E-state index in [1.54, 1.807) is 0 Å². The number of hydrogen-bond donors (Lipinski definition) is 4. The summed E-state index contributed by atoms with van der Waals surface area (Å²) < 4.78 is 10.2. The van der Waals surface area contributed by atoms with E-state index in [9.17, 15) is 9.59 Å². The average molecular weight is 930 g/mol. The van der Waals surface area contributed by atoms with E-state index in [0.29, 0.717) is 31.5 Å². The van der Waals surface area contributed by atoms with Gasteiger partial charge < -0.3 is 42.7 Å². The second-order valence-corrected chi connectivity index (χ2v) is 15.4. The molecule has 0 bridgehead atoms. The molecule has 0 saturated carbocycles. The number of carbonyl (C=O) groups excluding carboxylic acids is 3. The molecule has 4 aromatic rings. The predicted octanol–water partition coefficient (Wildman–Crippen LogP) is 1.95. The van der Waals surface area contributed by atoms with Gasteiger partial charge in [0.05, 0.1) is 0 Å². The van der Waals surface area contributed by atoms with E-state index in [2.05, 4.69) is 146 Å². The number of benzene rings is 4. The third-order valence-electron chi connectivity index (χ3n) is 7.64.